The predicted molar refractivity (Wildman–Crippen MR) is 84.3 cm³/mol. The van der Waals surface area contributed by atoms with Crippen LogP contribution in [0.4, 0.5) is 10.5 Å². The Morgan fingerprint density at radius 3 is 2.48 bits per heavy atom. The van der Waals surface area contributed by atoms with Gasteiger partial charge in [0.25, 0.3) is 0 Å². The van der Waals surface area contributed by atoms with Crippen LogP contribution in [0.25, 0.3) is 0 Å². The molecular weight excluding hydrogens is 268 g/mol. The van der Waals surface area contributed by atoms with E-state index in [0.717, 1.165) is 5.56 Å². The molecule has 3 N–H and O–H groups in total. The molecule has 5 heteroatoms. The summed E-state index contributed by atoms with van der Waals surface area (Å²) in [5.74, 6) is 0.0654. The molecule has 1 rings (SSSR count). The highest BCUT2D eigenvalue weighted by atomic mass is 16.5. The van der Waals surface area contributed by atoms with Crippen LogP contribution in [-0.4, -0.2) is 29.9 Å². The fourth-order valence-electron chi connectivity index (χ4n) is 1.54. The molecule has 2 amide bonds. The molecule has 0 fully saturated rings. The molecular formula is C16H26N2O3. The van der Waals surface area contributed by atoms with Crippen molar-refractivity contribution < 1.29 is 14.6 Å². The van der Waals surface area contributed by atoms with Crippen molar-refractivity contribution >= 4 is 11.7 Å². The van der Waals surface area contributed by atoms with Gasteiger partial charge in [0.15, 0.2) is 0 Å². The maximum atomic E-state index is 11.8. The zero-order valence-electron chi connectivity index (χ0n) is 13.3. The number of carbonyl (C=O) groups is 1. The van der Waals surface area contributed by atoms with Crippen molar-refractivity contribution in [1.29, 1.82) is 0 Å². The summed E-state index contributed by atoms with van der Waals surface area (Å²) in [5.41, 5.74) is 0.848. The van der Waals surface area contributed by atoms with E-state index < -0.39 is 5.60 Å². The van der Waals surface area contributed by atoms with E-state index in [2.05, 4.69) is 10.6 Å². The average Bonchev–Trinajstić information content (AvgIpc) is 2.44. The molecule has 1 aromatic carbocycles. The van der Waals surface area contributed by atoms with E-state index in [1.807, 2.05) is 45.0 Å². The summed E-state index contributed by atoms with van der Waals surface area (Å²) < 4.78 is 5.31. The van der Waals surface area contributed by atoms with Crippen LogP contribution in [0.15, 0.2) is 24.3 Å². The maximum absolute atomic E-state index is 11.8. The van der Waals surface area contributed by atoms with Crippen LogP contribution < -0.4 is 10.6 Å². The lowest BCUT2D eigenvalue weighted by Crippen LogP contribution is -2.45. The monoisotopic (exact) mass is 294 g/mol. The molecule has 0 aliphatic rings. The Balaban J connectivity index is 2.44. The Morgan fingerprint density at radius 1 is 1.33 bits per heavy atom. The first-order chi connectivity index (χ1) is 9.85. The van der Waals surface area contributed by atoms with Crippen LogP contribution in [0.5, 0.6) is 0 Å². The largest absolute Gasteiger partial charge is 0.388 e. The van der Waals surface area contributed by atoms with Gasteiger partial charge in [-0.2, -0.15) is 0 Å². The first-order valence-electron chi connectivity index (χ1n) is 7.29. The number of aliphatic hydroxyl groups is 1. The van der Waals surface area contributed by atoms with Crippen LogP contribution in [-0.2, 0) is 11.3 Å². The molecule has 118 valence electrons. The Labute approximate surface area is 126 Å². The molecule has 21 heavy (non-hydrogen) atoms. The number of rotatable bonds is 7. The SMILES string of the molecule is CCOCc1ccc(NC(=O)NCC(C)(O)C(C)C)cc1. The van der Waals surface area contributed by atoms with Crippen molar-refractivity contribution in [3.63, 3.8) is 0 Å². The quantitative estimate of drug-likeness (QED) is 0.724. The van der Waals surface area contributed by atoms with Gasteiger partial charge in [-0.25, -0.2) is 4.79 Å². The molecule has 0 bridgehead atoms. The first-order valence-corrected chi connectivity index (χ1v) is 7.29. The van der Waals surface area contributed by atoms with Crippen LogP contribution in [0.1, 0.15) is 33.3 Å². The summed E-state index contributed by atoms with van der Waals surface area (Å²) in [6.07, 6.45) is 0. The molecule has 1 aromatic rings. The zero-order valence-corrected chi connectivity index (χ0v) is 13.3. The van der Waals surface area contributed by atoms with Gasteiger partial charge in [0.05, 0.1) is 12.2 Å². The van der Waals surface area contributed by atoms with Crippen molar-refractivity contribution in [3.05, 3.63) is 29.8 Å². The summed E-state index contributed by atoms with van der Waals surface area (Å²) in [6, 6.07) is 7.15. The lowest BCUT2D eigenvalue weighted by atomic mass is 9.93. The third-order valence-electron chi connectivity index (χ3n) is 3.54. The summed E-state index contributed by atoms with van der Waals surface area (Å²) in [4.78, 5) is 11.8. The van der Waals surface area contributed by atoms with Crippen LogP contribution in [0.2, 0.25) is 0 Å². The van der Waals surface area contributed by atoms with E-state index in [-0.39, 0.29) is 18.5 Å². The molecule has 0 aliphatic carbocycles. The second-order valence-electron chi connectivity index (χ2n) is 5.65. The predicted octanol–water partition coefficient (Wildman–Crippen LogP) is 2.75. The number of nitrogens with one attached hydrogen (secondary N) is 2. The van der Waals surface area contributed by atoms with E-state index in [0.29, 0.717) is 18.9 Å². The highest BCUT2D eigenvalue weighted by molar-refractivity contribution is 5.89. The molecule has 0 spiro atoms. The van der Waals surface area contributed by atoms with E-state index >= 15 is 0 Å². The number of benzene rings is 1. The zero-order chi connectivity index (χ0) is 15.9. The average molecular weight is 294 g/mol. The number of hydrogen-bond donors (Lipinski definition) is 3. The summed E-state index contributed by atoms with van der Waals surface area (Å²) in [7, 11) is 0. The number of anilines is 1. The Morgan fingerprint density at radius 2 is 1.95 bits per heavy atom. The lowest BCUT2D eigenvalue weighted by Gasteiger charge is -2.27. The number of ether oxygens (including phenoxy) is 1. The normalized spacial score (nSPS) is 13.8. The second kappa shape index (κ2) is 8.00. The first kappa shape index (κ1) is 17.5. The van der Waals surface area contributed by atoms with E-state index in [1.165, 1.54) is 0 Å². The number of urea groups is 1. The van der Waals surface area contributed by atoms with Crippen molar-refractivity contribution in [3.8, 4) is 0 Å². The molecule has 0 radical (unpaired) electrons. The fourth-order valence-corrected chi connectivity index (χ4v) is 1.54. The van der Waals surface area contributed by atoms with Crippen molar-refractivity contribution in [1.82, 2.24) is 5.32 Å². The smallest absolute Gasteiger partial charge is 0.319 e. The molecule has 0 aromatic heterocycles. The molecule has 5 nitrogen and oxygen atoms in total. The Hall–Kier alpha value is -1.59. The summed E-state index contributed by atoms with van der Waals surface area (Å²) >= 11 is 0. The third kappa shape index (κ3) is 6.14. The van der Waals surface area contributed by atoms with Gasteiger partial charge >= 0.3 is 6.03 Å². The van der Waals surface area contributed by atoms with E-state index in [9.17, 15) is 9.90 Å². The highest BCUT2D eigenvalue weighted by Gasteiger charge is 2.25. The standard InChI is InChI=1S/C16H26N2O3/c1-5-21-10-13-6-8-14(9-7-13)18-15(19)17-11-16(4,20)12(2)3/h6-9,12,20H,5,10-11H2,1-4H3,(H2,17,18,19). The van der Waals surface area contributed by atoms with Crippen LogP contribution >= 0.6 is 0 Å². The number of carbonyl (C=O) groups excluding carboxylic acids is 1. The minimum atomic E-state index is -0.918. The van der Waals surface area contributed by atoms with Gasteiger partial charge in [0.1, 0.15) is 0 Å². The van der Waals surface area contributed by atoms with Crippen LogP contribution in [0, 0.1) is 5.92 Å². The van der Waals surface area contributed by atoms with Gasteiger partial charge in [-0.15, -0.1) is 0 Å². The van der Waals surface area contributed by atoms with Gasteiger partial charge in [0, 0.05) is 18.8 Å². The Bertz CT molecular complexity index is 441. The molecule has 1 atom stereocenters. The van der Waals surface area contributed by atoms with Crippen LogP contribution in [0.3, 0.4) is 0 Å². The molecule has 0 aliphatic heterocycles. The van der Waals surface area contributed by atoms with Crippen molar-refractivity contribution in [2.24, 2.45) is 5.92 Å². The molecule has 1 unspecified atom stereocenters. The van der Waals surface area contributed by atoms with Gasteiger partial charge in [-0.05, 0) is 37.5 Å². The van der Waals surface area contributed by atoms with Gasteiger partial charge in [-0.1, -0.05) is 26.0 Å². The Kier molecular flexibility index (Phi) is 6.65. The molecule has 0 heterocycles. The molecule has 0 saturated heterocycles. The topological polar surface area (TPSA) is 70.6 Å². The molecule has 0 saturated carbocycles. The van der Waals surface area contributed by atoms with Crippen molar-refractivity contribution in [2.45, 2.75) is 39.9 Å². The van der Waals surface area contributed by atoms with E-state index in [4.69, 9.17) is 4.74 Å². The maximum Gasteiger partial charge on any atom is 0.319 e. The number of hydrogen-bond acceptors (Lipinski definition) is 3. The minimum Gasteiger partial charge on any atom is -0.388 e. The second-order valence-corrected chi connectivity index (χ2v) is 5.65. The summed E-state index contributed by atoms with van der Waals surface area (Å²) in [6.45, 7) is 8.94. The van der Waals surface area contributed by atoms with Gasteiger partial charge in [-0.3, -0.25) is 0 Å². The minimum absolute atomic E-state index is 0.0654. The summed E-state index contributed by atoms with van der Waals surface area (Å²) in [5, 5.41) is 15.5. The lowest BCUT2D eigenvalue weighted by molar-refractivity contribution is 0.0170. The number of amides is 2. The van der Waals surface area contributed by atoms with Gasteiger partial charge in [0.2, 0.25) is 0 Å². The third-order valence-corrected chi connectivity index (χ3v) is 3.54. The van der Waals surface area contributed by atoms with Gasteiger partial charge < -0.3 is 20.5 Å². The van der Waals surface area contributed by atoms with Crippen molar-refractivity contribution in [2.75, 3.05) is 18.5 Å². The van der Waals surface area contributed by atoms with E-state index in [1.54, 1.807) is 6.92 Å². The highest BCUT2D eigenvalue weighted by Crippen LogP contribution is 2.15. The fraction of sp³-hybridized carbons (Fsp3) is 0.562.